The van der Waals surface area contributed by atoms with Crippen LogP contribution in [0.15, 0.2) is 0 Å². The quantitative estimate of drug-likeness (QED) is 0.799. The van der Waals surface area contributed by atoms with Gasteiger partial charge in [0.25, 0.3) is 5.91 Å². The van der Waals surface area contributed by atoms with Gasteiger partial charge in [0.2, 0.25) is 5.91 Å². The summed E-state index contributed by atoms with van der Waals surface area (Å²) in [5, 5.41) is 3.82. The van der Waals surface area contributed by atoms with Gasteiger partial charge >= 0.3 is 0 Å². The van der Waals surface area contributed by atoms with Crippen LogP contribution in [0.5, 0.6) is 0 Å². The van der Waals surface area contributed by atoms with Gasteiger partial charge in [-0.2, -0.15) is 0 Å². The van der Waals surface area contributed by atoms with E-state index in [1.54, 1.807) is 11.3 Å². The zero-order chi connectivity index (χ0) is 18.8. The summed E-state index contributed by atoms with van der Waals surface area (Å²) in [4.78, 5) is 26.3. The van der Waals surface area contributed by atoms with E-state index in [9.17, 15) is 9.59 Å². The van der Waals surface area contributed by atoms with Crippen LogP contribution < -0.4 is 11.1 Å². The zero-order valence-corrected chi connectivity index (χ0v) is 17.0. The molecule has 4 bridgehead atoms. The molecule has 6 rings (SSSR count). The number of anilines is 1. The molecule has 1 unspecified atom stereocenters. The first-order valence-corrected chi connectivity index (χ1v) is 11.5. The zero-order valence-electron chi connectivity index (χ0n) is 16.2. The Balaban J connectivity index is 1.35. The van der Waals surface area contributed by atoms with Crippen molar-refractivity contribution in [1.29, 1.82) is 0 Å². The third-order valence-electron chi connectivity index (χ3n) is 7.71. The molecule has 0 radical (unpaired) electrons. The summed E-state index contributed by atoms with van der Waals surface area (Å²) in [6.45, 7) is 2.25. The number of nitrogens with two attached hydrogens (primary N) is 1. The Morgan fingerprint density at radius 2 is 1.78 bits per heavy atom. The molecule has 27 heavy (non-hydrogen) atoms. The monoisotopic (exact) mass is 386 g/mol. The smallest absolute Gasteiger partial charge is 0.251 e. The van der Waals surface area contributed by atoms with Crippen LogP contribution in [0.3, 0.4) is 0 Å². The highest BCUT2D eigenvalue weighted by Crippen LogP contribution is 2.61. The molecule has 0 saturated heterocycles. The molecule has 0 aliphatic heterocycles. The Morgan fingerprint density at radius 3 is 2.37 bits per heavy atom. The van der Waals surface area contributed by atoms with Crippen molar-refractivity contribution in [2.24, 2.45) is 34.8 Å². The Morgan fingerprint density at radius 1 is 1.15 bits per heavy atom. The van der Waals surface area contributed by atoms with Gasteiger partial charge in [-0.3, -0.25) is 9.59 Å². The average molecular weight is 387 g/mol. The van der Waals surface area contributed by atoms with Crippen LogP contribution in [0, 0.1) is 29.1 Å². The van der Waals surface area contributed by atoms with Crippen LogP contribution in [0.4, 0.5) is 5.00 Å². The molecule has 3 N–H and O–H groups in total. The largest absolute Gasteiger partial charge is 0.365 e. The van der Waals surface area contributed by atoms with Crippen LogP contribution in [0.2, 0.25) is 0 Å². The third-order valence-corrected chi connectivity index (χ3v) is 8.88. The minimum Gasteiger partial charge on any atom is -0.365 e. The van der Waals surface area contributed by atoms with Crippen molar-refractivity contribution in [1.82, 2.24) is 0 Å². The second kappa shape index (κ2) is 6.33. The maximum Gasteiger partial charge on any atom is 0.251 e. The van der Waals surface area contributed by atoms with Crippen LogP contribution in [-0.2, 0) is 17.6 Å². The van der Waals surface area contributed by atoms with E-state index in [0.29, 0.717) is 22.9 Å². The van der Waals surface area contributed by atoms with Gasteiger partial charge in [-0.15, -0.1) is 11.3 Å². The van der Waals surface area contributed by atoms with E-state index in [1.165, 1.54) is 43.4 Å². The number of fused-ring (bicyclic) bond motifs is 1. The van der Waals surface area contributed by atoms with Crippen LogP contribution >= 0.6 is 11.3 Å². The molecule has 2 amide bonds. The molecule has 1 aromatic rings. The maximum atomic E-state index is 13.0. The van der Waals surface area contributed by atoms with Crippen LogP contribution in [0.1, 0.15) is 79.1 Å². The highest BCUT2D eigenvalue weighted by Gasteiger charge is 2.51. The van der Waals surface area contributed by atoms with Gasteiger partial charge in [0.15, 0.2) is 0 Å². The molecule has 5 aliphatic carbocycles. The van der Waals surface area contributed by atoms with Gasteiger partial charge in [0, 0.05) is 11.3 Å². The van der Waals surface area contributed by atoms with Gasteiger partial charge < -0.3 is 11.1 Å². The Kier molecular flexibility index (Phi) is 4.15. The fourth-order valence-electron chi connectivity index (χ4n) is 7.12. The number of hydrogen-bond donors (Lipinski definition) is 2. The number of nitrogens with one attached hydrogen (secondary N) is 1. The minimum absolute atomic E-state index is 0.0890. The summed E-state index contributed by atoms with van der Waals surface area (Å²) >= 11 is 1.58. The highest BCUT2D eigenvalue weighted by molar-refractivity contribution is 7.17. The molecule has 146 valence electrons. The number of thiophene rings is 1. The standard InChI is InChI=1S/C22H30N2O2S/c1-12-2-3-16-17(4-12)27-21(19(16)20(23)26)24-18(25)11-22-8-13-5-14(9-22)7-15(6-13)10-22/h12-15H,2-11H2,1H3,(H2,23,26)(H,24,25). The predicted octanol–water partition coefficient (Wildman–Crippen LogP) is 4.52. The molecular weight excluding hydrogens is 356 g/mol. The van der Waals surface area contributed by atoms with Crippen molar-refractivity contribution < 1.29 is 9.59 Å². The summed E-state index contributed by atoms with van der Waals surface area (Å²) < 4.78 is 0. The summed E-state index contributed by atoms with van der Waals surface area (Å²) in [7, 11) is 0. The normalized spacial score (nSPS) is 36.5. The number of amides is 2. The fourth-order valence-corrected chi connectivity index (χ4v) is 8.55. The highest BCUT2D eigenvalue weighted by atomic mass is 32.1. The molecule has 1 heterocycles. The molecule has 5 aliphatic rings. The lowest BCUT2D eigenvalue weighted by atomic mass is 9.49. The van der Waals surface area contributed by atoms with Crippen LogP contribution in [-0.4, -0.2) is 11.8 Å². The first-order chi connectivity index (χ1) is 12.9. The lowest BCUT2D eigenvalue weighted by Crippen LogP contribution is -2.47. The first-order valence-electron chi connectivity index (χ1n) is 10.6. The summed E-state index contributed by atoms with van der Waals surface area (Å²) in [5.41, 5.74) is 7.59. The lowest BCUT2D eigenvalue weighted by Gasteiger charge is -2.56. The van der Waals surface area contributed by atoms with E-state index in [1.807, 2.05) is 0 Å². The molecule has 1 atom stereocenters. The molecule has 4 nitrogen and oxygen atoms in total. The van der Waals surface area contributed by atoms with Gasteiger partial charge in [0.1, 0.15) is 5.00 Å². The maximum absolute atomic E-state index is 13.0. The Bertz CT molecular complexity index is 761. The molecule has 0 spiro atoms. The van der Waals surface area contributed by atoms with Gasteiger partial charge in [-0.25, -0.2) is 0 Å². The van der Waals surface area contributed by atoms with E-state index < -0.39 is 5.91 Å². The third kappa shape index (κ3) is 3.12. The number of hydrogen-bond acceptors (Lipinski definition) is 3. The summed E-state index contributed by atoms with van der Waals surface area (Å²) in [6, 6.07) is 0. The topological polar surface area (TPSA) is 72.2 Å². The Hall–Kier alpha value is -1.36. The van der Waals surface area contributed by atoms with Crippen molar-refractivity contribution in [3.63, 3.8) is 0 Å². The average Bonchev–Trinajstić information content (AvgIpc) is 2.89. The number of primary amides is 1. The molecule has 1 aromatic heterocycles. The van der Waals surface area contributed by atoms with Gasteiger partial charge in [0.05, 0.1) is 5.56 Å². The van der Waals surface area contributed by atoms with Gasteiger partial charge in [-0.1, -0.05) is 6.92 Å². The van der Waals surface area contributed by atoms with Crippen molar-refractivity contribution in [3.05, 3.63) is 16.0 Å². The van der Waals surface area contributed by atoms with E-state index in [-0.39, 0.29) is 11.3 Å². The number of carbonyl (C=O) groups excluding carboxylic acids is 2. The van der Waals surface area contributed by atoms with Crippen molar-refractivity contribution in [2.45, 2.75) is 71.1 Å². The van der Waals surface area contributed by atoms with E-state index >= 15 is 0 Å². The molecular formula is C22H30N2O2S. The molecule has 4 fully saturated rings. The second-order valence-electron chi connectivity index (χ2n) is 10.1. The minimum atomic E-state index is -0.396. The lowest BCUT2D eigenvalue weighted by molar-refractivity contribution is -0.124. The van der Waals surface area contributed by atoms with Gasteiger partial charge in [-0.05, 0) is 92.4 Å². The van der Waals surface area contributed by atoms with Crippen molar-refractivity contribution in [2.75, 3.05) is 5.32 Å². The SMILES string of the molecule is CC1CCc2c(sc(NC(=O)CC34CC5CC(CC(C5)C3)C4)c2C(N)=O)C1. The van der Waals surface area contributed by atoms with E-state index in [2.05, 4.69) is 12.2 Å². The van der Waals surface area contributed by atoms with Crippen molar-refractivity contribution in [3.8, 4) is 0 Å². The number of rotatable bonds is 4. The van der Waals surface area contributed by atoms with E-state index in [0.717, 1.165) is 42.6 Å². The number of carbonyl (C=O) groups is 2. The van der Waals surface area contributed by atoms with Crippen LogP contribution in [0.25, 0.3) is 0 Å². The van der Waals surface area contributed by atoms with Crippen molar-refractivity contribution >= 4 is 28.2 Å². The molecule has 5 heteroatoms. The second-order valence-corrected chi connectivity index (χ2v) is 11.2. The molecule has 4 saturated carbocycles. The fraction of sp³-hybridized carbons (Fsp3) is 0.727. The Labute approximate surface area is 165 Å². The first kappa shape index (κ1) is 17.7. The molecule has 0 aromatic carbocycles. The van der Waals surface area contributed by atoms with E-state index in [4.69, 9.17) is 5.73 Å². The summed E-state index contributed by atoms with van der Waals surface area (Å²) in [5.74, 6) is 2.87. The summed E-state index contributed by atoms with van der Waals surface area (Å²) in [6.07, 6.45) is 11.5. The predicted molar refractivity (Wildman–Crippen MR) is 108 cm³/mol.